The number of nitrogens with one attached hydrogen (secondary N) is 1. The number of fused-ring (bicyclic) bond motifs is 1. The van der Waals surface area contributed by atoms with Crippen molar-refractivity contribution in [3.8, 4) is 0 Å². The number of aromatic amines is 1. The fraction of sp³-hybridized carbons (Fsp3) is 0.0667. The lowest BCUT2D eigenvalue weighted by molar-refractivity contribution is 0.0994. The molecule has 3 aromatic rings. The first-order valence-corrected chi connectivity index (χ1v) is 7.62. The van der Waals surface area contributed by atoms with Crippen LogP contribution in [0.1, 0.15) is 15.9 Å². The molecule has 0 fully saturated rings. The number of carbonyl (C=O) groups is 1. The highest BCUT2D eigenvalue weighted by molar-refractivity contribution is 9.10. The number of aromatic nitrogens is 2. The van der Waals surface area contributed by atoms with Crippen molar-refractivity contribution in [1.29, 1.82) is 0 Å². The normalized spacial score (nSPS) is 10.9. The van der Waals surface area contributed by atoms with E-state index < -0.39 is 0 Å². The molecule has 0 saturated carbocycles. The van der Waals surface area contributed by atoms with Gasteiger partial charge in [0.25, 0.3) is 0 Å². The summed E-state index contributed by atoms with van der Waals surface area (Å²) < 4.78 is 1.84. The van der Waals surface area contributed by atoms with Crippen LogP contribution >= 0.6 is 31.9 Å². The number of Topliss-reactive ketones (excluding diaryl/α,β-unsaturated/α-hetero) is 1. The van der Waals surface area contributed by atoms with E-state index >= 15 is 0 Å². The quantitative estimate of drug-likeness (QED) is 0.665. The zero-order chi connectivity index (χ0) is 14.1. The molecule has 0 amide bonds. The summed E-state index contributed by atoms with van der Waals surface area (Å²) in [6.07, 6.45) is 3.81. The molecule has 2 aromatic heterocycles. The Kier molecular flexibility index (Phi) is 3.72. The van der Waals surface area contributed by atoms with Crippen molar-refractivity contribution >= 4 is 48.7 Å². The van der Waals surface area contributed by atoms with Crippen molar-refractivity contribution in [2.75, 3.05) is 0 Å². The summed E-state index contributed by atoms with van der Waals surface area (Å²) in [6, 6.07) is 9.69. The van der Waals surface area contributed by atoms with Gasteiger partial charge in [0.1, 0.15) is 5.65 Å². The van der Waals surface area contributed by atoms with Gasteiger partial charge in [-0.1, -0.05) is 28.1 Å². The van der Waals surface area contributed by atoms with E-state index in [1.807, 2.05) is 30.3 Å². The first kappa shape index (κ1) is 13.5. The molecule has 0 spiro atoms. The molecule has 0 bridgehead atoms. The maximum Gasteiger partial charge on any atom is 0.169 e. The molecule has 0 aliphatic carbocycles. The van der Waals surface area contributed by atoms with Gasteiger partial charge in [0.15, 0.2) is 5.78 Å². The second-order valence-corrected chi connectivity index (χ2v) is 6.31. The molecule has 0 saturated heterocycles. The molecule has 0 atom stereocenters. The Morgan fingerprint density at radius 2 is 2.05 bits per heavy atom. The zero-order valence-electron chi connectivity index (χ0n) is 10.4. The van der Waals surface area contributed by atoms with E-state index in [4.69, 9.17) is 0 Å². The van der Waals surface area contributed by atoms with Gasteiger partial charge in [-0.25, -0.2) is 4.98 Å². The highest BCUT2D eigenvalue weighted by atomic mass is 79.9. The van der Waals surface area contributed by atoms with Crippen LogP contribution in [0.15, 0.2) is 51.7 Å². The standard InChI is InChI=1S/C15H10Br2N2O/c16-10-3-1-2-9(4-10)5-14(20)13-8-19-15-12(13)6-11(17)7-18-15/h1-4,6-8H,5H2,(H,18,19). The highest BCUT2D eigenvalue weighted by Gasteiger charge is 2.13. The third-order valence-corrected chi connectivity index (χ3v) is 3.98. The topological polar surface area (TPSA) is 45.8 Å². The van der Waals surface area contributed by atoms with Crippen LogP contribution in [-0.4, -0.2) is 15.8 Å². The number of ketones is 1. The maximum absolute atomic E-state index is 12.4. The van der Waals surface area contributed by atoms with Crippen LogP contribution in [0.3, 0.4) is 0 Å². The molecule has 0 aliphatic heterocycles. The van der Waals surface area contributed by atoms with E-state index in [0.717, 1.165) is 25.5 Å². The van der Waals surface area contributed by atoms with Crippen LogP contribution < -0.4 is 0 Å². The first-order valence-electron chi connectivity index (χ1n) is 6.04. The van der Waals surface area contributed by atoms with E-state index in [9.17, 15) is 4.79 Å². The molecule has 2 heterocycles. The van der Waals surface area contributed by atoms with Gasteiger partial charge in [-0.3, -0.25) is 4.79 Å². The van der Waals surface area contributed by atoms with E-state index in [1.54, 1.807) is 12.4 Å². The third kappa shape index (κ3) is 2.69. The lowest BCUT2D eigenvalue weighted by Crippen LogP contribution is -2.02. The van der Waals surface area contributed by atoms with Crippen molar-refractivity contribution in [3.05, 3.63) is 62.8 Å². The molecule has 3 nitrogen and oxygen atoms in total. The number of H-pyrrole nitrogens is 1. The van der Waals surface area contributed by atoms with Gasteiger partial charge in [-0.2, -0.15) is 0 Å². The fourth-order valence-corrected chi connectivity index (χ4v) is 2.91. The summed E-state index contributed by atoms with van der Waals surface area (Å²) in [5.74, 6) is 0.0780. The highest BCUT2D eigenvalue weighted by Crippen LogP contribution is 2.22. The van der Waals surface area contributed by atoms with E-state index in [-0.39, 0.29) is 5.78 Å². The molecule has 5 heteroatoms. The van der Waals surface area contributed by atoms with Crippen molar-refractivity contribution in [2.24, 2.45) is 0 Å². The van der Waals surface area contributed by atoms with Crippen LogP contribution in [0, 0.1) is 0 Å². The number of pyridine rings is 1. The van der Waals surface area contributed by atoms with Gasteiger partial charge >= 0.3 is 0 Å². The summed E-state index contributed by atoms with van der Waals surface area (Å²) in [5, 5.41) is 0.847. The third-order valence-electron chi connectivity index (χ3n) is 3.05. The first-order chi connectivity index (χ1) is 9.63. The monoisotopic (exact) mass is 392 g/mol. The number of hydrogen-bond acceptors (Lipinski definition) is 2. The predicted octanol–water partition coefficient (Wildman–Crippen LogP) is 4.51. The van der Waals surface area contributed by atoms with Crippen molar-refractivity contribution in [3.63, 3.8) is 0 Å². The van der Waals surface area contributed by atoms with Gasteiger partial charge in [-0.15, -0.1) is 0 Å². The molecule has 0 radical (unpaired) electrons. The molecular formula is C15H10Br2N2O. The van der Waals surface area contributed by atoms with Crippen LogP contribution in [-0.2, 0) is 6.42 Å². The van der Waals surface area contributed by atoms with Gasteiger partial charge in [0.05, 0.1) is 0 Å². The van der Waals surface area contributed by atoms with E-state index in [1.165, 1.54) is 0 Å². The molecule has 1 aromatic carbocycles. The summed E-state index contributed by atoms with van der Waals surface area (Å²) >= 11 is 6.80. The second kappa shape index (κ2) is 5.50. The Hall–Kier alpha value is -1.46. The SMILES string of the molecule is O=C(Cc1cccc(Br)c1)c1c[nH]c2ncc(Br)cc12. The molecule has 100 valence electrons. The van der Waals surface area contributed by atoms with Crippen LogP contribution in [0.2, 0.25) is 0 Å². The molecule has 1 N–H and O–H groups in total. The number of rotatable bonds is 3. The molecule has 0 aliphatic rings. The molecule has 20 heavy (non-hydrogen) atoms. The molecule has 0 unspecified atom stereocenters. The number of benzene rings is 1. The average Bonchev–Trinajstić information content (AvgIpc) is 2.81. The minimum Gasteiger partial charge on any atom is -0.345 e. The van der Waals surface area contributed by atoms with Gasteiger partial charge < -0.3 is 4.98 Å². The lowest BCUT2D eigenvalue weighted by Gasteiger charge is -2.01. The summed E-state index contributed by atoms with van der Waals surface area (Å²) in [4.78, 5) is 19.7. The van der Waals surface area contributed by atoms with Gasteiger partial charge in [0, 0.05) is 38.7 Å². The Morgan fingerprint density at radius 1 is 1.20 bits per heavy atom. The summed E-state index contributed by atoms with van der Waals surface area (Å²) in [5.41, 5.74) is 2.39. The van der Waals surface area contributed by atoms with Crippen molar-refractivity contribution in [1.82, 2.24) is 9.97 Å². The maximum atomic E-state index is 12.4. The summed E-state index contributed by atoms with van der Waals surface area (Å²) in [6.45, 7) is 0. The minimum absolute atomic E-state index is 0.0780. The number of nitrogens with zero attached hydrogens (tertiary/aromatic N) is 1. The second-order valence-electron chi connectivity index (χ2n) is 4.48. The molecular weight excluding hydrogens is 384 g/mol. The molecule has 3 rings (SSSR count). The van der Waals surface area contributed by atoms with Crippen molar-refractivity contribution < 1.29 is 4.79 Å². The smallest absolute Gasteiger partial charge is 0.169 e. The Bertz CT molecular complexity index is 795. The largest absolute Gasteiger partial charge is 0.345 e. The van der Waals surface area contributed by atoms with E-state index in [0.29, 0.717) is 12.0 Å². The minimum atomic E-state index is 0.0780. The van der Waals surface area contributed by atoms with Gasteiger partial charge in [0.2, 0.25) is 0 Å². The Balaban J connectivity index is 1.94. The predicted molar refractivity (Wildman–Crippen MR) is 86.0 cm³/mol. The average molecular weight is 394 g/mol. The zero-order valence-corrected chi connectivity index (χ0v) is 13.5. The number of hydrogen-bond donors (Lipinski definition) is 1. The lowest BCUT2D eigenvalue weighted by atomic mass is 10.0. The van der Waals surface area contributed by atoms with Crippen LogP contribution in [0.5, 0.6) is 0 Å². The Morgan fingerprint density at radius 3 is 2.85 bits per heavy atom. The fourth-order valence-electron chi connectivity index (χ4n) is 2.14. The number of carbonyl (C=O) groups excluding carboxylic acids is 1. The van der Waals surface area contributed by atoms with Gasteiger partial charge in [-0.05, 0) is 39.7 Å². The van der Waals surface area contributed by atoms with E-state index in [2.05, 4.69) is 41.8 Å². The van der Waals surface area contributed by atoms with Crippen molar-refractivity contribution in [2.45, 2.75) is 6.42 Å². The van der Waals surface area contributed by atoms with Crippen LogP contribution in [0.4, 0.5) is 0 Å². The van der Waals surface area contributed by atoms with Crippen LogP contribution in [0.25, 0.3) is 11.0 Å². The summed E-state index contributed by atoms with van der Waals surface area (Å²) in [7, 11) is 0. The Labute approximate surface area is 132 Å². The number of halogens is 2.